The normalized spacial score (nSPS) is 12.6. The van der Waals surface area contributed by atoms with Gasteiger partial charge in [-0.3, -0.25) is 0 Å². The number of carbonyl (C=O) groups is 2. The molecule has 0 spiro atoms. The largest absolute Gasteiger partial charge is 0.467 e. The van der Waals surface area contributed by atoms with Crippen LogP contribution in [0.2, 0.25) is 0 Å². The molecule has 0 aromatic carbocycles. The molecule has 1 heterocycles. The van der Waals surface area contributed by atoms with Crippen LogP contribution in [0.1, 0.15) is 27.2 Å². The zero-order chi connectivity index (χ0) is 15.2. The maximum absolute atomic E-state index is 11.7. The summed E-state index contributed by atoms with van der Waals surface area (Å²) in [5.74, 6) is -0.504. The Morgan fingerprint density at radius 1 is 1.40 bits per heavy atom. The van der Waals surface area contributed by atoms with Gasteiger partial charge < -0.3 is 19.4 Å². The van der Waals surface area contributed by atoms with Gasteiger partial charge >= 0.3 is 12.1 Å². The SMILES string of the molecule is COC(=O)[C@H](CCn1ccnc1)NC(=O)OC(C)(C)C. The molecule has 0 aliphatic carbocycles. The van der Waals surface area contributed by atoms with Gasteiger partial charge in [0.25, 0.3) is 0 Å². The molecular formula is C13H21N3O4. The average molecular weight is 283 g/mol. The molecule has 7 nitrogen and oxygen atoms in total. The zero-order valence-corrected chi connectivity index (χ0v) is 12.3. The highest BCUT2D eigenvalue weighted by Crippen LogP contribution is 2.08. The lowest BCUT2D eigenvalue weighted by Gasteiger charge is -2.22. The van der Waals surface area contributed by atoms with E-state index in [0.29, 0.717) is 13.0 Å². The molecule has 1 N–H and O–H groups in total. The van der Waals surface area contributed by atoms with Crippen LogP contribution in [0.25, 0.3) is 0 Å². The maximum atomic E-state index is 11.7. The molecule has 0 fully saturated rings. The summed E-state index contributed by atoms with van der Waals surface area (Å²) < 4.78 is 11.6. The van der Waals surface area contributed by atoms with Crippen LogP contribution in [-0.4, -0.2) is 40.4 Å². The monoisotopic (exact) mass is 283 g/mol. The van der Waals surface area contributed by atoms with Gasteiger partial charge in [0.2, 0.25) is 0 Å². The van der Waals surface area contributed by atoms with Crippen LogP contribution < -0.4 is 5.32 Å². The highest BCUT2D eigenvalue weighted by Gasteiger charge is 2.24. The Morgan fingerprint density at radius 3 is 2.60 bits per heavy atom. The van der Waals surface area contributed by atoms with Crippen LogP contribution >= 0.6 is 0 Å². The number of aromatic nitrogens is 2. The third-order valence-corrected chi connectivity index (χ3v) is 2.41. The van der Waals surface area contributed by atoms with Gasteiger partial charge in [-0.25, -0.2) is 14.6 Å². The molecule has 7 heteroatoms. The van der Waals surface area contributed by atoms with Crippen LogP contribution in [0.5, 0.6) is 0 Å². The summed E-state index contributed by atoms with van der Waals surface area (Å²) in [6.45, 7) is 5.80. The number of alkyl carbamates (subject to hydrolysis) is 1. The fourth-order valence-corrected chi connectivity index (χ4v) is 1.54. The number of nitrogens with zero attached hydrogens (tertiary/aromatic N) is 2. The Balaban J connectivity index is 2.56. The van der Waals surface area contributed by atoms with Crippen molar-refractivity contribution in [2.24, 2.45) is 0 Å². The van der Waals surface area contributed by atoms with Gasteiger partial charge in [0.05, 0.1) is 13.4 Å². The van der Waals surface area contributed by atoms with E-state index in [0.717, 1.165) is 0 Å². The number of rotatable bonds is 5. The number of hydrogen-bond acceptors (Lipinski definition) is 5. The fraction of sp³-hybridized carbons (Fsp3) is 0.615. The van der Waals surface area contributed by atoms with Gasteiger partial charge in [-0.05, 0) is 27.2 Å². The highest BCUT2D eigenvalue weighted by molar-refractivity contribution is 5.81. The van der Waals surface area contributed by atoms with E-state index in [2.05, 4.69) is 15.0 Å². The lowest BCUT2D eigenvalue weighted by molar-refractivity contribution is -0.143. The summed E-state index contributed by atoms with van der Waals surface area (Å²) in [4.78, 5) is 27.3. The first-order valence-electron chi connectivity index (χ1n) is 6.35. The van der Waals surface area contributed by atoms with Crippen molar-refractivity contribution in [3.63, 3.8) is 0 Å². The minimum atomic E-state index is -0.753. The van der Waals surface area contributed by atoms with Gasteiger partial charge in [-0.2, -0.15) is 0 Å². The fourth-order valence-electron chi connectivity index (χ4n) is 1.54. The molecule has 20 heavy (non-hydrogen) atoms. The number of aryl methyl sites for hydroxylation is 1. The van der Waals surface area contributed by atoms with E-state index >= 15 is 0 Å². The number of amides is 1. The smallest absolute Gasteiger partial charge is 0.408 e. The molecule has 0 radical (unpaired) electrons. The first-order valence-corrected chi connectivity index (χ1v) is 6.35. The molecule has 1 amide bonds. The van der Waals surface area contributed by atoms with Crippen LogP contribution in [0.4, 0.5) is 4.79 Å². The molecular weight excluding hydrogens is 262 g/mol. The Morgan fingerprint density at radius 2 is 2.10 bits per heavy atom. The molecule has 0 aliphatic heterocycles. The minimum Gasteiger partial charge on any atom is -0.467 e. The van der Waals surface area contributed by atoms with Crippen molar-refractivity contribution in [3.05, 3.63) is 18.7 Å². The van der Waals surface area contributed by atoms with E-state index in [-0.39, 0.29) is 0 Å². The van der Waals surface area contributed by atoms with E-state index in [4.69, 9.17) is 4.74 Å². The molecule has 1 atom stereocenters. The molecule has 1 aromatic heterocycles. The molecule has 1 aromatic rings. The number of hydrogen-bond donors (Lipinski definition) is 1. The van der Waals surface area contributed by atoms with Gasteiger partial charge in [-0.1, -0.05) is 0 Å². The van der Waals surface area contributed by atoms with Crippen molar-refractivity contribution in [1.29, 1.82) is 0 Å². The zero-order valence-electron chi connectivity index (χ0n) is 12.3. The summed E-state index contributed by atoms with van der Waals surface area (Å²) in [6, 6.07) is -0.753. The van der Waals surface area contributed by atoms with Crippen LogP contribution in [0.3, 0.4) is 0 Å². The summed E-state index contributed by atoms with van der Waals surface area (Å²) in [7, 11) is 1.28. The van der Waals surface area contributed by atoms with Gasteiger partial charge in [0.1, 0.15) is 11.6 Å². The predicted molar refractivity (Wildman–Crippen MR) is 72.0 cm³/mol. The number of imidazole rings is 1. The van der Waals surface area contributed by atoms with Crippen molar-refractivity contribution in [3.8, 4) is 0 Å². The van der Waals surface area contributed by atoms with Crippen molar-refractivity contribution in [2.45, 2.75) is 45.4 Å². The quantitative estimate of drug-likeness (QED) is 0.825. The first kappa shape index (κ1) is 16.0. The first-order chi connectivity index (χ1) is 9.31. The van der Waals surface area contributed by atoms with Crippen molar-refractivity contribution in [1.82, 2.24) is 14.9 Å². The van der Waals surface area contributed by atoms with Crippen LogP contribution in [-0.2, 0) is 20.8 Å². The van der Waals surface area contributed by atoms with E-state index in [1.54, 1.807) is 39.5 Å². The molecule has 0 saturated carbocycles. The van der Waals surface area contributed by atoms with E-state index in [9.17, 15) is 9.59 Å². The standard InChI is InChI=1S/C13H21N3O4/c1-13(2,3)20-12(18)15-10(11(17)19-4)5-7-16-8-6-14-9-16/h6,8-10H,5,7H2,1-4H3,(H,15,18)/t10-/m0/s1. The second kappa shape index (κ2) is 6.93. The Hall–Kier alpha value is -2.05. The van der Waals surface area contributed by atoms with Crippen molar-refractivity contribution < 1.29 is 19.1 Å². The molecule has 112 valence electrons. The minimum absolute atomic E-state index is 0.391. The summed E-state index contributed by atoms with van der Waals surface area (Å²) >= 11 is 0. The second-order valence-electron chi connectivity index (χ2n) is 5.31. The predicted octanol–water partition coefficient (Wildman–Crippen LogP) is 1.34. The van der Waals surface area contributed by atoms with Gasteiger partial charge in [0.15, 0.2) is 0 Å². The lowest BCUT2D eigenvalue weighted by Crippen LogP contribution is -2.44. The number of esters is 1. The second-order valence-corrected chi connectivity index (χ2v) is 5.31. The molecule has 0 unspecified atom stereocenters. The molecule has 1 rings (SSSR count). The van der Waals surface area contributed by atoms with Crippen molar-refractivity contribution >= 4 is 12.1 Å². The van der Waals surface area contributed by atoms with Gasteiger partial charge in [0, 0.05) is 18.9 Å². The summed E-state index contributed by atoms with van der Waals surface area (Å²) in [6.07, 6.45) is 4.82. The highest BCUT2D eigenvalue weighted by atomic mass is 16.6. The molecule has 0 saturated heterocycles. The third kappa shape index (κ3) is 5.73. The number of ether oxygens (including phenoxy) is 2. The van der Waals surface area contributed by atoms with Crippen molar-refractivity contribution in [2.75, 3.05) is 7.11 Å². The summed E-state index contributed by atoms with van der Waals surface area (Å²) in [5, 5.41) is 2.52. The van der Waals surface area contributed by atoms with E-state index < -0.39 is 23.7 Å². The van der Waals surface area contributed by atoms with E-state index in [1.807, 2.05) is 4.57 Å². The van der Waals surface area contributed by atoms with Gasteiger partial charge in [-0.15, -0.1) is 0 Å². The lowest BCUT2D eigenvalue weighted by atomic mass is 10.2. The number of methoxy groups -OCH3 is 1. The van der Waals surface area contributed by atoms with Crippen LogP contribution in [0.15, 0.2) is 18.7 Å². The Labute approximate surface area is 118 Å². The number of carbonyl (C=O) groups excluding carboxylic acids is 2. The summed E-state index contributed by atoms with van der Waals surface area (Å²) in [5.41, 5.74) is -0.616. The Kier molecular flexibility index (Phi) is 5.54. The third-order valence-electron chi connectivity index (χ3n) is 2.41. The number of nitrogens with one attached hydrogen (secondary N) is 1. The Bertz CT molecular complexity index is 437. The average Bonchev–Trinajstić information content (AvgIpc) is 2.84. The topological polar surface area (TPSA) is 82.5 Å². The molecule has 0 aliphatic rings. The maximum Gasteiger partial charge on any atom is 0.408 e. The molecule has 0 bridgehead atoms. The van der Waals surface area contributed by atoms with E-state index in [1.165, 1.54) is 7.11 Å². The van der Waals surface area contributed by atoms with Crippen LogP contribution in [0, 0.1) is 0 Å².